The average molecular weight is 504 g/mol. The number of carbonyl (C=O) groups is 2. The van der Waals surface area contributed by atoms with Crippen LogP contribution in [0, 0.1) is 23.2 Å². The molecule has 2 aromatic rings. The van der Waals surface area contributed by atoms with E-state index in [2.05, 4.69) is 41.7 Å². The molecule has 32 heavy (non-hydrogen) atoms. The minimum atomic E-state index is -0.454. The normalized spacial score (nSPS) is 30.7. The number of nitrogens with one attached hydrogen (secondary N) is 2. The minimum absolute atomic E-state index is 0.000987. The molecule has 172 valence electrons. The van der Waals surface area contributed by atoms with Gasteiger partial charge in [0.2, 0.25) is 10.6 Å². The fourth-order valence-electron chi connectivity index (χ4n) is 6.65. The van der Waals surface area contributed by atoms with Gasteiger partial charge in [-0.05, 0) is 72.2 Å². The molecule has 2 N–H and O–H groups in total. The van der Waals surface area contributed by atoms with Gasteiger partial charge < -0.3 is 10.6 Å². The number of halogens is 1. The molecule has 4 aliphatic carbocycles. The lowest BCUT2D eigenvalue weighted by Crippen LogP contribution is -2.60. The molecule has 4 aliphatic rings. The van der Waals surface area contributed by atoms with Gasteiger partial charge in [0.25, 0.3) is 5.91 Å². The first-order chi connectivity index (χ1) is 15.2. The first-order valence-corrected chi connectivity index (χ1v) is 12.2. The maximum Gasteiger partial charge on any atom is 0.271 e. The highest BCUT2D eigenvalue weighted by molar-refractivity contribution is 9.10. The highest BCUT2D eigenvalue weighted by Crippen LogP contribution is 2.64. The van der Waals surface area contributed by atoms with Crippen LogP contribution in [0.2, 0.25) is 0 Å². The number of carbonyl (C=O) groups excluding carboxylic acids is 2. The third-order valence-electron chi connectivity index (χ3n) is 7.53. The van der Waals surface area contributed by atoms with Crippen LogP contribution in [0.3, 0.4) is 0 Å². The smallest absolute Gasteiger partial charge is 0.271 e. The Morgan fingerprint density at radius 2 is 1.97 bits per heavy atom. The van der Waals surface area contributed by atoms with E-state index in [4.69, 9.17) is 0 Å². The van der Waals surface area contributed by atoms with Crippen LogP contribution < -0.4 is 10.6 Å². The summed E-state index contributed by atoms with van der Waals surface area (Å²) in [6.07, 6.45) is 9.18. The number of aryl methyl sites for hydroxylation is 1. The van der Waals surface area contributed by atoms with Gasteiger partial charge in [-0.3, -0.25) is 14.3 Å². The van der Waals surface area contributed by atoms with Crippen molar-refractivity contribution in [3.05, 3.63) is 23.0 Å². The van der Waals surface area contributed by atoms with Crippen LogP contribution in [0.5, 0.6) is 0 Å². The van der Waals surface area contributed by atoms with Gasteiger partial charge in [0.1, 0.15) is 12.0 Å². The molecule has 4 bridgehead atoms. The number of hydrogen-bond donors (Lipinski definition) is 2. The lowest BCUT2D eigenvalue weighted by Gasteiger charge is -2.60. The molecule has 10 heteroatoms. The molecule has 6 rings (SSSR count). The summed E-state index contributed by atoms with van der Waals surface area (Å²) in [4.78, 5) is 30.8. The molecule has 2 atom stereocenters. The summed E-state index contributed by atoms with van der Waals surface area (Å²) < 4.78 is 4.10. The zero-order chi connectivity index (χ0) is 22.7. The van der Waals surface area contributed by atoms with E-state index in [1.54, 1.807) is 19.6 Å². The average Bonchev–Trinajstić information content (AvgIpc) is 3.31. The number of anilines is 1. The predicted molar refractivity (Wildman–Crippen MR) is 122 cm³/mol. The largest absolute Gasteiger partial charge is 0.350 e. The number of hydrogen-bond acceptors (Lipinski definition) is 5. The third-order valence-corrected chi connectivity index (χ3v) is 7.90. The van der Waals surface area contributed by atoms with Crippen LogP contribution in [0.4, 0.5) is 5.69 Å². The van der Waals surface area contributed by atoms with Gasteiger partial charge in [-0.2, -0.15) is 5.10 Å². The van der Waals surface area contributed by atoms with E-state index < -0.39 is 5.41 Å². The van der Waals surface area contributed by atoms with Crippen LogP contribution in [0.25, 0.3) is 0 Å². The second-order valence-corrected chi connectivity index (χ2v) is 11.2. The molecule has 4 fully saturated rings. The Labute approximate surface area is 195 Å². The molecule has 0 radical (unpaired) electrons. The van der Waals surface area contributed by atoms with E-state index in [1.807, 2.05) is 18.5 Å². The van der Waals surface area contributed by atoms with E-state index >= 15 is 0 Å². The molecular weight excluding hydrogens is 474 g/mol. The number of aromatic nitrogens is 5. The van der Waals surface area contributed by atoms with Crippen molar-refractivity contribution in [2.45, 2.75) is 57.9 Å². The molecule has 2 heterocycles. The summed E-state index contributed by atoms with van der Waals surface area (Å²) in [6.45, 7) is 4.66. The molecule has 9 nitrogen and oxygen atoms in total. The Hall–Kier alpha value is -2.23. The third kappa shape index (κ3) is 3.56. The SMILES string of the molecule is CC(C)CNC(=O)c1c(NC(=O)C23CC4CC(C2)CC(n2cnc(Br)n2)(C4)C3)cnn1C. The van der Waals surface area contributed by atoms with Gasteiger partial charge in [-0.15, -0.1) is 5.10 Å². The van der Waals surface area contributed by atoms with E-state index in [0.29, 0.717) is 40.4 Å². The molecular formula is C22H30BrN7O2. The van der Waals surface area contributed by atoms with Crippen LogP contribution in [-0.4, -0.2) is 42.9 Å². The number of amides is 2. The van der Waals surface area contributed by atoms with Crippen molar-refractivity contribution in [1.29, 1.82) is 0 Å². The zero-order valence-electron chi connectivity index (χ0n) is 18.8. The van der Waals surface area contributed by atoms with Crippen LogP contribution >= 0.6 is 15.9 Å². The Morgan fingerprint density at radius 1 is 1.25 bits per heavy atom. The van der Waals surface area contributed by atoms with Gasteiger partial charge >= 0.3 is 0 Å². The summed E-state index contributed by atoms with van der Waals surface area (Å²) in [5.41, 5.74) is 0.252. The fourth-order valence-corrected chi connectivity index (χ4v) is 6.92. The lowest BCUT2D eigenvalue weighted by atomic mass is 9.46. The molecule has 0 spiro atoms. The van der Waals surface area contributed by atoms with Crippen LogP contribution in [0.15, 0.2) is 17.3 Å². The van der Waals surface area contributed by atoms with Crippen LogP contribution in [0.1, 0.15) is 62.9 Å². The van der Waals surface area contributed by atoms with Crippen molar-refractivity contribution < 1.29 is 9.59 Å². The van der Waals surface area contributed by atoms with E-state index in [0.717, 1.165) is 32.1 Å². The Bertz CT molecular complexity index is 1040. The lowest BCUT2D eigenvalue weighted by molar-refractivity contribution is -0.150. The summed E-state index contributed by atoms with van der Waals surface area (Å²) in [7, 11) is 1.72. The number of rotatable bonds is 6. The quantitative estimate of drug-likeness (QED) is 0.629. The highest BCUT2D eigenvalue weighted by atomic mass is 79.9. The van der Waals surface area contributed by atoms with E-state index in [-0.39, 0.29) is 17.4 Å². The zero-order valence-corrected chi connectivity index (χ0v) is 20.4. The molecule has 0 aliphatic heterocycles. The van der Waals surface area contributed by atoms with Crippen molar-refractivity contribution in [3.63, 3.8) is 0 Å². The monoisotopic (exact) mass is 503 g/mol. The summed E-state index contributed by atoms with van der Waals surface area (Å²) in [6, 6.07) is 0. The van der Waals surface area contributed by atoms with E-state index in [9.17, 15) is 9.59 Å². The molecule has 4 saturated carbocycles. The van der Waals surface area contributed by atoms with Gasteiger partial charge in [-0.25, -0.2) is 9.67 Å². The van der Waals surface area contributed by atoms with Crippen molar-refractivity contribution in [3.8, 4) is 0 Å². The molecule has 2 amide bonds. The Morgan fingerprint density at radius 3 is 2.59 bits per heavy atom. The maximum atomic E-state index is 13.8. The van der Waals surface area contributed by atoms with Crippen molar-refractivity contribution in [2.24, 2.45) is 30.2 Å². The topological polar surface area (TPSA) is 107 Å². The first kappa shape index (κ1) is 21.6. The molecule has 0 saturated heterocycles. The summed E-state index contributed by atoms with van der Waals surface area (Å²) in [5.74, 6) is 1.13. The second kappa shape index (κ2) is 7.67. The maximum absolute atomic E-state index is 13.8. The minimum Gasteiger partial charge on any atom is -0.350 e. The van der Waals surface area contributed by atoms with Crippen molar-refractivity contribution in [2.75, 3.05) is 11.9 Å². The molecule has 2 aromatic heterocycles. The summed E-state index contributed by atoms with van der Waals surface area (Å²) >= 11 is 3.37. The predicted octanol–water partition coefficient (Wildman–Crippen LogP) is 3.09. The first-order valence-electron chi connectivity index (χ1n) is 11.4. The molecule has 2 unspecified atom stereocenters. The Kier molecular flexibility index (Phi) is 5.18. The van der Waals surface area contributed by atoms with Gasteiger partial charge in [0.05, 0.1) is 22.8 Å². The van der Waals surface area contributed by atoms with Gasteiger partial charge in [0, 0.05) is 13.6 Å². The van der Waals surface area contributed by atoms with E-state index in [1.165, 1.54) is 11.1 Å². The van der Waals surface area contributed by atoms with Crippen LogP contribution in [-0.2, 0) is 17.4 Å². The summed E-state index contributed by atoms with van der Waals surface area (Å²) in [5, 5.41) is 14.8. The highest BCUT2D eigenvalue weighted by Gasteiger charge is 2.61. The van der Waals surface area contributed by atoms with Gasteiger partial charge in [-0.1, -0.05) is 13.8 Å². The van der Waals surface area contributed by atoms with Crippen molar-refractivity contribution in [1.82, 2.24) is 29.9 Å². The Balaban J connectivity index is 1.40. The number of nitrogens with zero attached hydrogens (tertiary/aromatic N) is 5. The van der Waals surface area contributed by atoms with Crippen molar-refractivity contribution >= 4 is 33.4 Å². The molecule has 0 aromatic carbocycles. The fraction of sp³-hybridized carbons (Fsp3) is 0.682. The standard InChI is InChI=1S/C22H30BrN7O2/c1-13(2)9-24-18(31)17-16(10-26-29(17)3)27-19(32)21-5-14-4-15(6-21)8-22(7-14,11-21)30-12-25-20(23)28-30/h10,12-15H,4-9,11H2,1-3H3,(H,24,31)(H,27,32). The van der Waals surface area contributed by atoms with Gasteiger partial charge in [0.15, 0.2) is 0 Å². The second-order valence-electron chi connectivity index (χ2n) is 10.5.